The maximum absolute atomic E-state index is 12.4. The van der Waals surface area contributed by atoms with Crippen molar-refractivity contribution in [1.29, 1.82) is 0 Å². The third-order valence-electron chi connectivity index (χ3n) is 3.86. The predicted molar refractivity (Wildman–Crippen MR) is 89.7 cm³/mol. The third kappa shape index (κ3) is 5.86. The predicted octanol–water partition coefficient (Wildman–Crippen LogP) is 2.55. The fraction of sp³-hybridized carbons (Fsp3) is 0.588. The molecule has 0 fully saturated rings. The Morgan fingerprint density at radius 1 is 1.19 bits per heavy atom. The van der Waals surface area contributed by atoms with Gasteiger partial charge in [0.2, 0.25) is 0 Å². The molecule has 0 bridgehead atoms. The first-order valence-electron chi connectivity index (χ1n) is 7.97. The van der Waals surface area contributed by atoms with Crippen LogP contribution < -0.4 is 11.1 Å². The Bertz CT molecular complexity index is 413. The summed E-state index contributed by atoms with van der Waals surface area (Å²) in [6.07, 6.45) is 1.86. The summed E-state index contributed by atoms with van der Waals surface area (Å²) in [5.74, 6) is 0.153. The van der Waals surface area contributed by atoms with Crippen LogP contribution in [0.3, 0.4) is 0 Å². The number of ketones is 1. The highest BCUT2D eigenvalue weighted by Gasteiger charge is 2.17. The van der Waals surface area contributed by atoms with E-state index in [9.17, 15) is 4.79 Å². The third-order valence-corrected chi connectivity index (χ3v) is 3.86. The molecule has 0 spiro atoms. The van der Waals surface area contributed by atoms with Gasteiger partial charge in [0.25, 0.3) is 0 Å². The zero-order valence-electron chi connectivity index (χ0n) is 13.6. The van der Waals surface area contributed by atoms with Crippen molar-refractivity contribution < 1.29 is 4.79 Å². The van der Waals surface area contributed by atoms with Crippen molar-refractivity contribution in [3.63, 3.8) is 0 Å². The standard InChI is InChI=1S/C17H29N3O/c1-4-16(19-12-7-13-20(5-2)6-3)17(21)14-8-10-15(18)11-9-14/h8-11,16,19H,4-7,12-13,18H2,1-3H3. The van der Waals surface area contributed by atoms with Crippen LogP contribution in [0.1, 0.15) is 44.0 Å². The molecule has 1 aromatic carbocycles. The van der Waals surface area contributed by atoms with Crippen LogP contribution in [0.15, 0.2) is 24.3 Å². The van der Waals surface area contributed by atoms with Crippen molar-refractivity contribution >= 4 is 11.5 Å². The minimum atomic E-state index is -0.106. The number of nitrogens with one attached hydrogen (secondary N) is 1. The first-order valence-corrected chi connectivity index (χ1v) is 7.97. The summed E-state index contributed by atoms with van der Waals surface area (Å²) in [5.41, 5.74) is 7.07. The first-order chi connectivity index (χ1) is 10.1. The zero-order chi connectivity index (χ0) is 15.7. The van der Waals surface area contributed by atoms with Gasteiger partial charge in [-0.25, -0.2) is 0 Å². The van der Waals surface area contributed by atoms with E-state index in [0.717, 1.165) is 44.6 Å². The highest BCUT2D eigenvalue weighted by molar-refractivity contribution is 6.00. The highest BCUT2D eigenvalue weighted by Crippen LogP contribution is 2.09. The summed E-state index contributed by atoms with van der Waals surface area (Å²) in [7, 11) is 0. The molecule has 3 N–H and O–H groups in total. The van der Waals surface area contributed by atoms with Gasteiger partial charge in [0.15, 0.2) is 5.78 Å². The van der Waals surface area contributed by atoms with Crippen molar-refractivity contribution in [2.45, 2.75) is 39.7 Å². The number of rotatable bonds is 10. The number of nitrogen functional groups attached to an aromatic ring is 1. The molecule has 4 nitrogen and oxygen atoms in total. The minimum Gasteiger partial charge on any atom is -0.399 e. The Kier molecular flexibility index (Phi) is 8.01. The molecule has 1 aromatic rings. The normalized spacial score (nSPS) is 12.6. The molecule has 0 aromatic heterocycles. The number of anilines is 1. The highest BCUT2D eigenvalue weighted by atomic mass is 16.1. The Morgan fingerprint density at radius 3 is 2.33 bits per heavy atom. The van der Waals surface area contributed by atoms with Crippen LogP contribution in [-0.4, -0.2) is 42.9 Å². The second-order valence-electron chi connectivity index (χ2n) is 5.28. The molecule has 1 unspecified atom stereocenters. The number of hydrogen-bond acceptors (Lipinski definition) is 4. The molecule has 0 saturated heterocycles. The second kappa shape index (κ2) is 9.53. The smallest absolute Gasteiger partial charge is 0.179 e. The maximum Gasteiger partial charge on any atom is 0.179 e. The molecule has 0 saturated carbocycles. The van der Waals surface area contributed by atoms with Crippen LogP contribution in [0, 0.1) is 0 Å². The average molecular weight is 291 g/mol. The van der Waals surface area contributed by atoms with Crippen molar-refractivity contribution in [1.82, 2.24) is 10.2 Å². The molecule has 0 amide bonds. The van der Waals surface area contributed by atoms with Gasteiger partial charge in [-0.15, -0.1) is 0 Å². The van der Waals surface area contributed by atoms with E-state index in [-0.39, 0.29) is 11.8 Å². The maximum atomic E-state index is 12.4. The topological polar surface area (TPSA) is 58.4 Å². The number of Topliss-reactive ketones (excluding diaryl/α,β-unsaturated/α-hetero) is 1. The van der Waals surface area contributed by atoms with Crippen LogP contribution in [0.4, 0.5) is 5.69 Å². The molecular formula is C17H29N3O. The van der Waals surface area contributed by atoms with Gasteiger partial charge in [-0.2, -0.15) is 0 Å². The summed E-state index contributed by atoms with van der Waals surface area (Å²) in [6, 6.07) is 7.06. The largest absolute Gasteiger partial charge is 0.399 e. The Labute approximate surface area is 128 Å². The molecular weight excluding hydrogens is 262 g/mol. The van der Waals surface area contributed by atoms with Crippen molar-refractivity contribution in [3.05, 3.63) is 29.8 Å². The van der Waals surface area contributed by atoms with Crippen molar-refractivity contribution in [2.24, 2.45) is 0 Å². The van der Waals surface area contributed by atoms with Gasteiger partial charge in [0.05, 0.1) is 6.04 Å². The summed E-state index contributed by atoms with van der Waals surface area (Å²) >= 11 is 0. The monoisotopic (exact) mass is 291 g/mol. The van der Waals surface area contributed by atoms with E-state index < -0.39 is 0 Å². The first kappa shape index (κ1) is 17.7. The minimum absolute atomic E-state index is 0.106. The van der Waals surface area contributed by atoms with Crippen LogP contribution in [0.5, 0.6) is 0 Å². The van der Waals surface area contributed by atoms with Gasteiger partial charge in [0.1, 0.15) is 0 Å². The molecule has 21 heavy (non-hydrogen) atoms. The van der Waals surface area contributed by atoms with E-state index in [1.165, 1.54) is 0 Å². The van der Waals surface area contributed by atoms with Gasteiger partial charge in [-0.3, -0.25) is 4.79 Å². The molecule has 0 aliphatic heterocycles. The molecule has 1 rings (SSSR count). The SMILES string of the molecule is CCC(NCCCN(CC)CC)C(=O)c1ccc(N)cc1. The van der Waals surface area contributed by atoms with Gasteiger partial charge in [0, 0.05) is 11.3 Å². The van der Waals surface area contributed by atoms with E-state index in [1.807, 2.05) is 6.92 Å². The Morgan fingerprint density at radius 2 is 1.81 bits per heavy atom. The molecule has 0 radical (unpaired) electrons. The number of carbonyl (C=O) groups excluding carboxylic acids is 1. The fourth-order valence-electron chi connectivity index (χ4n) is 2.39. The second-order valence-corrected chi connectivity index (χ2v) is 5.28. The zero-order valence-corrected chi connectivity index (χ0v) is 13.6. The summed E-state index contributed by atoms with van der Waals surface area (Å²) < 4.78 is 0. The molecule has 4 heteroatoms. The van der Waals surface area contributed by atoms with E-state index in [2.05, 4.69) is 24.1 Å². The molecule has 1 atom stereocenters. The van der Waals surface area contributed by atoms with Crippen molar-refractivity contribution in [3.8, 4) is 0 Å². The summed E-state index contributed by atoms with van der Waals surface area (Å²) in [5, 5.41) is 3.38. The quantitative estimate of drug-likeness (QED) is 0.395. The van der Waals surface area contributed by atoms with E-state index in [0.29, 0.717) is 5.69 Å². The van der Waals surface area contributed by atoms with Gasteiger partial charge < -0.3 is 16.0 Å². The summed E-state index contributed by atoms with van der Waals surface area (Å²) in [4.78, 5) is 14.8. The number of benzene rings is 1. The molecule has 0 heterocycles. The van der Waals surface area contributed by atoms with Crippen LogP contribution in [0.25, 0.3) is 0 Å². The number of hydrogen-bond donors (Lipinski definition) is 2. The summed E-state index contributed by atoms with van der Waals surface area (Å²) in [6.45, 7) is 10.5. The van der Waals surface area contributed by atoms with E-state index in [4.69, 9.17) is 5.73 Å². The Balaban J connectivity index is 2.43. The van der Waals surface area contributed by atoms with Crippen LogP contribution in [0.2, 0.25) is 0 Å². The Hall–Kier alpha value is -1.39. The van der Waals surface area contributed by atoms with Crippen molar-refractivity contribution in [2.75, 3.05) is 31.9 Å². The molecule has 0 aliphatic rings. The fourth-order valence-corrected chi connectivity index (χ4v) is 2.39. The lowest BCUT2D eigenvalue weighted by atomic mass is 10.0. The van der Waals surface area contributed by atoms with Gasteiger partial charge in [-0.05, 0) is 63.3 Å². The molecule has 0 aliphatic carbocycles. The lowest BCUT2D eigenvalue weighted by molar-refractivity contribution is 0.0940. The van der Waals surface area contributed by atoms with Gasteiger partial charge >= 0.3 is 0 Å². The lowest BCUT2D eigenvalue weighted by Crippen LogP contribution is -2.38. The van der Waals surface area contributed by atoms with Gasteiger partial charge in [-0.1, -0.05) is 20.8 Å². The van der Waals surface area contributed by atoms with Crippen LogP contribution >= 0.6 is 0 Å². The molecule has 118 valence electrons. The van der Waals surface area contributed by atoms with E-state index >= 15 is 0 Å². The van der Waals surface area contributed by atoms with Crippen LogP contribution in [-0.2, 0) is 0 Å². The van der Waals surface area contributed by atoms with E-state index in [1.54, 1.807) is 24.3 Å². The lowest BCUT2D eigenvalue weighted by Gasteiger charge is -2.20. The number of nitrogens with two attached hydrogens (primary N) is 1. The number of nitrogens with zero attached hydrogens (tertiary/aromatic N) is 1. The number of carbonyl (C=O) groups is 1. The average Bonchev–Trinajstić information content (AvgIpc) is 2.51.